The van der Waals surface area contributed by atoms with Gasteiger partial charge in [-0.05, 0) is 37.5 Å². The summed E-state index contributed by atoms with van der Waals surface area (Å²) in [6, 6.07) is 17.6. The first-order valence-electron chi connectivity index (χ1n) is 11.1. The van der Waals surface area contributed by atoms with Crippen LogP contribution in [0.3, 0.4) is 0 Å². The largest absolute Gasteiger partial charge is 0.367 e. The van der Waals surface area contributed by atoms with Crippen LogP contribution in [-0.4, -0.2) is 23.4 Å². The minimum Gasteiger partial charge on any atom is -0.367 e. The van der Waals surface area contributed by atoms with Gasteiger partial charge in [0.25, 0.3) is 0 Å². The van der Waals surface area contributed by atoms with E-state index in [2.05, 4.69) is 77.5 Å². The van der Waals surface area contributed by atoms with Gasteiger partial charge in [-0.2, -0.15) is 5.11 Å². The number of hydrogen-bond donors (Lipinski definition) is 0. The van der Waals surface area contributed by atoms with Crippen molar-refractivity contribution in [3.63, 3.8) is 0 Å². The minimum atomic E-state index is -0.0233. The Kier molecular flexibility index (Phi) is 5.89. The number of Topliss-reactive ketones (excluding diaryl/α,β-unsaturated/α-hetero) is 1. The molecule has 5 nitrogen and oxygen atoms in total. The van der Waals surface area contributed by atoms with E-state index in [1.807, 2.05) is 13.8 Å². The summed E-state index contributed by atoms with van der Waals surface area (Å²) < 4.78 is 0. The van der Waals surface area contributed by atoms with Gasteiger partial charge in [0.2, 0.25) is 0 Å². The molecule has 0 saturated carbocycles. The van der Waals surface area contributed by atoms with Crippen LogP contribution in [-0.2, 0) is 11.3 Å². The predicted octanol–water partition coefficient (Wildman–Crippen LogP) is 5.89. The van der Waals surface area contributed by atoms with Crippen LogP contribution in [0.25, 0.3) is 0 Å². The number of carbonyl (C=O) groups is 1. The summed E-state index contributed by atoms with van der Waals surface area (Å²) in [5.74, 6) is 0.444. The molecule has 0 amide bonds. The molecular formula is C25H32N4O. The molecule has 158 valence electrons. The maximum atomic E-state index is 12.1. The molecule has 0 aliphatic carbocycles. The highest BCUT2D eigenvalue weighted by atomic mass is 16.1. The van der Waals surface area contributed by atoms with Crippen LogP contribution in [0.5, 0.6) is 0 Å². The third-order valence-corrected chi connectivity index (χ3v) is 6.22. The lowest BCUT2D eigenvalue weighted by molar-refractivity contribution is -0.121. The molecule has 5 heteroatoms. The Morgan fingerprint density at radius 2 is 1.73 bits per heavy atom. The minimum absolute atomic E-state index is 0.0233. The number of para-hydroxylation sites is 1. The van der Waals surface area contributed by atoms with Gasteiger partial charge in [0.15, 0.2) is 0 Å². The molecular weight excluding hydrogens is 372 g/mol. The molecule has 2 aliphatic heterocycles. The van der Waals surface area contributed by atoms with Crippen molar-refractivity contribution >= 4 is 11.5 Å². The smallest absolute Gasteiger partial charge is 0.135 e. The highest BCUT2D eigenvalue weighted by Gasteiger charge is 2.40. The molecule has 0 fully saturated rings. The molecule has 4 rings (SSSR count). The lowest BCUT2D eigenvalue weighted by Gasteiger charge is -2.37. The predicted molar refractivity (Wildman–Crippen MR) is 120 cm³/mol. The lowest BCUT2D eigenvalue weighted by atomic mass is 9.87. The van der Waals surface area contributed by atoms with Crippen molar-refractivity contribution in [1.29, 1.82) is 0 Å². The first kappa shape index (κ1) is 20.6. The monoisotopic (exact) mass is 404 g/mol. The third kappa shape index (κ3) is 3.85. The van der Waals surface area contributed by atoms with E-state index in [1.165, 1.54) is 22.4 Å². The highest BCUT2D eigenvalue weighted by molar-refractivity contribution is 5.80. The number of benzene rings is 2. The first-order valence-corrected chi connectivity index (χ1v) is 11.1. The van der Waals surface area contributed by atoms with Crippen molar-refractivity contribution in [3.8, 4) is 0 Å². The zero-order valence-electron chi connectivity index (χ0n) is 18.5. The van der Waals surface area contributed by atoms with Gasteiger partial charge in [-0.15, -0.1) is 0 Å². The SMILES string of the molecule is CC(C)C(=O)CCCN1Cc2ccccc2C2C(N=NN2C(C)C)c2ccccc21. The van der Waals surface area contributed by atoms with Gasteiger partial charge in [0.1, 0.15) is 17.9 Å². The average Bonchev–Trinajstić information content (AvgIpc) is 3.17. The standard InChI is InChI=1S/C25H32N4O/c1-17(2)23(30)14-9-15-28-16-19-10-5-6-11-20(19)25-24(26-27-29(25)18(3)4)21-12-7-8-13-22(21)28/h5-8,10-13,17-18,24-25H,9,14-16H2,1-4H3. The second-order valence-corrected chi connectivity index (χ2v) is 8.97. The summed E-state index contributed by atoms with van der Waals surface area (Å²) in [7, 11) is 0. The Morgan fingerprint density at radius 3 is 2.47 bits per heavy atom. The molecule has 2 unspecified atom stereocenters. The molecule has 2 aromatic rings. The summed E-state index contributed by atoms with van der Waals surface area (Å²) in [6.45, 7) is 10.00. The Balaban J connectivity index is 1.72. The molecule has 2 atom stereocenters. The molecule has 2 heterocycles. The van der Waals surface area contributed by atoms with Gasteiger partial charge in [-0.25, -0.2) is 0 Å². The zero-order chi connectivity index (χ0) is 21.3. The van der Waals surface area contributed by atoms with Gasteiger partial charge < -0.3 is 4.90 Å². The summed E-state index contributed by atoms with van der Waals surface area (Å²) in [5.41, 5.74) is 5.05. The van der Waals surface area contributed by atoms with Gasteiger partial charge in [0, 0.05) is 42.7 Å². The normalized spacial score (nSPS) is 20.1. The second-order valence-electron chi connectivity index (χ2n) is 8.97. The number of anilines is 1. The zero-order valence-corrected chi connectivity index (χ0v) is 18.5. The average molecular weight is 405 g/mol. The summed E-state index contributed by atoms with van der Waals surface area (Å²) in [4.78, 5) is 14.6. The van der Waals surface area contributed by atoms with Gasteiger partial charge in [-0.1, -0.05) is 61.5 Å². The third-order valence-electron chi connectivity index (χ3n) is 6.22. The number of hydrogen-bond acceptors (Lipinski definition) is 5. The van der Waals surface area contributed by atoms with Crippen LogP contribution in [0.4, 0.5) is 5.69 Å². The summed E-state index contributed by atoms with van der Waals surface area (Å²) >= 11 is 0. The summed E-state index contributed by atoms with van der Waals surface area (Å²) in [6.07, 6.45) is 1.49. The Labute approximate surface area is 179 Å². The summed E-state index contributed by atoms with van der Waals surface area (Å²) in [5, 5.41) is 11.5. The van der Waals surface area contributed by atoms with Crippen molar-refractivity contribution in [2.75, 3.05) is 11.4 Å². The van der Waals surface area contributed by atoms with E-state index in [0.29, 0.717) is 12.2 Å². The fourth-order valence-corrected chi connectivity index (χ4v) is 4.56. The van der Waals surface area contributed by atoms with Crippen molar-refractivity contribution in [1.82, 2.24) is 5.01 Å². The van der Waals surface area contributed by atoms with Crippen molar-refractivity contribution in [2.45, 2.75) is 65.2 Å². The molecule has 0 saturated heterocycles. The molecule has 0 aromatic heterocycles. The number of ketones is 1. The molecule has 2 aromatic carbocycles. The van der Waals surface area contributed by atoms with E-state index in [1.54, 1.807) is 0 Å². The maximum absolute atomic E-state index is 12.1. The molecule has 0 bridgehead atoms. The van der Waals surface area contributed by atoms with E-state index in [-0.39, 0.29) is 24.0 Å². The van der Waals surface area contributed by atoms with Gasteiger partial charge >= 0.3 is 0 Å². The Hall–Kier alpha value is -2.69. The first-order chi connectivity index (χ1) is 14.5. The van der Waals surface area contributed by atoms with E-state index < -0.39 is 0 Å². The molecule has 0 spiro atoms. The maximum Gasteiger partial charge on any atom is 0.135 e. The fourth-order valence-electron chi connectivity index (χ4n) is 4.56. The van der Waals surface area contributed by atoms with Crippen molar-refractivity contribution < 1.29 is 4.79 Å². The Bertz CT molecular complexity index is 936. The van der Waals surface area contributed by atoms with Crippen LogP contribution in [0.2, 0.25) is 0 Å². The van der Waals surface area contributed by atoms with Crippen molar-refractivity contribution in [3.05, 3.63) is 65.2 Å². The quantitative estimate of drug-likeness (QED) is 0.603. The molecule has 0 radical (unpaired) electrons. The fraction of sp³-hybridized carbons (Fsp3) is 0.480. The van der Waals surface area contributed by atoms with Gasteiger partial charge in [0.05, 0.1) is 0 Å². The van der Waals surface area contributed by atoms with Crippen LogP contribution < -0.4 is 4.90 Å². The molecule has 2 aliphatic rings. The molecule has 0 N–H and O–H groups in total. The van der Waals surface area contributed by atoms with Crippen LogP contribution in [0.1, 0.15) is 69.3 Å². The number of fused-ring (bicyclic) bond motifs is 5. The van der Waals surface area contributed by atoms with E-state index in [9.17, 15) is 4.79 Å². The lowest BCUT2D eigenvalue weighted by Crippen LogP contribution is -2.34. The topological polar surface area (TPSA) is 48.3 Å². The van der Waals surface area contributed by atoms with Crippen LogP contribution >= 0.6 is 0 Å². The Morgan fingerprint density at radius 1 is 1.03 bits per heavy atom. The van der Waals surface area contributed by atoms with E-state index in [0.717, 1.165) is 19.5 Å². The van der Waals surface area contributed by atoms with E-state index in [4.69, 9.17) is 5.11 Å². The van der Waals surface area contributed by atoms with Crippen LogP contribution in [0.15, 0.2) is 58.9 Å². The highest BCUT2D eigenvalue weighted by Crippen LogP contribution is 2.48. The number of rotatable bonds is 6. The van der Waals surface area contributed by atoms with Crippen molar-refractivity contribution in [2.24, 2.45) is 16.3 Å². The number of nitrogens with zero attached hydrogens (tertiary/aromatic N) is 4. The second kappa shape index (κ2) is 8.58. The molecule has 30 heavy (non-hydrogen) atoms. The van der Waals surface area contributed by atoms with Gasteiger partial charge in [-0.3, -0.25) is 9.80 Å². The van der Waals surface area contributed by atoms with Crippen LogP contribution in [0, 0.1) is 5.92 Å². The van der Waals surface area contributed by atoms with E-state index >= 15 is 0 Å². The number of carbonyl (C=O) groups excluding carboxylic acids is 1.